The van der Waals surface area contributed by atoms with Gasteiger partial charge < -0.3 is 0 Å². The van der Waals surface area contributed by atoms with Crippen LogP contribution in [0.3, 0.4) is 0 Å². The van der Waals surface area contributed by atoms with Gasteiger partial charge >= 0.3 is 0 Å². The summed E-state index contributed by atoms with van der Waals surface area (Å²) in [4.78, 5) is 0. The lowest BCUT2D eigenvalue weighted by atomic mass is 10.1. The predicted molar refractivity (Wildman–Crippen MR) is 58.1 cm³/mol. The SMILES string of the molecule is CCCNC(C#N)c1c(F)cccc1Cl. The van der Waals surface area contributed by atoms with Crippen molar-refractivity contribution >= 4 is 11.6 Å². The van der Waals surface area contributed by atoms with Gasteiger partial charge in [0.2, 0.25) is 0 Å². The summed E-state index contributed by atoms with van der Waals surface area (Å²) in [6.07, 6.45) is 0.879. The van der Waals surface area contributed by atoms with Crippen molar-refractivity contribution in [3.05, 3.63) is 34.6 Å². The number of nitrogens with one attached hydrogen (secondary N) is 1. The van der Waals surface area contributed by atoms with Crippen molar-refractivity contribution in [3.8, 4) is 6.07 Å². The van der Waals surface area contributed by atoms with Crippen molar-refractivity contribution in [2.75, 3.05) is 6.54 Å². The third-order valence-electron chi connectivity index (χ3n) is 2.02. The minimum absolute atomic E-state index is 0.232. The van der Waals surface area contributed by atoms with Crippen LogP contribution >= 0.6 is 11.6 Å². The van der Waals surface area contributed by atoms with E-state index in [0.717, 1.165) is 6.42 Å². The summed E-state index contributed by atoms with van der Waals surface area (Å²) in [5.74, 6) is -0.447. The first-order chi connectivity index (χ1) is 7.20. The molecule has 0 aliphatic rings. The van der Waals surface area contributed by atoms with E-state index in [1.54, 1.807) is 6.07 Å². The molecule has 1 aromatic rings. The monoisotopic (exact) mass is 226 g/mol. The van der Waals surface area contributed by atoms with Crippen LogP contribution in [0.15, 0.2) is 18.2 Å². The zero-order valence-corrected chi connectivity index (χ0v) is 9.18. The molecule has 0 fully saturated rings. The van der Waals surface area contributed by atoms with Gasteiger partial charge in [0.15, 0.2) is 0 Å². The maximum atomic E-state index is 13.4. The second-order valence-electron chi connectivity index (χ2n) is 3.15. The van der Waals surface area contributed by atoms with Gasteiger partial charge in [-0.25, -0.2) is 4.39 Å². The van der Waals surface area contributed by atoms with Gasteiger partial charge in [-0.15, -0.1) is 0 Å². The van der Waals surface area contributed by atoms with E-state index in [0.29, 0.717) is 6.54 Å². The van der Waals surface area contributed by atoms with Gasteiger partial charge in [0.05, 0.1) is 6.07 Å². The molecule has 4 heteroatoms. The minimum atomic E-state index is -0.682. The molecular formula is C11H12ClFN2. The molecule has 0 heterocycles. The van der Waals surface area contributed by atoms with Crippen molar-refractivity contribution in [2.45, 2.75) is 19.4 Å². The molecule has 0 aromatic heterocycles. The van der Waals surface area contributed by atoms with Crippen LogP contribution in [-0.4, -0.2) is 6.54 Å². The number of benzene rings is 1. The topological polar surface area (TPSA) is 35.8 Å². The predicted octanol–water partition coefficient (Wildman–Crippen LogP) is 3.04. The fourth-order valence-corrected chi connectivity index (χ4v) is 1.56. The molecule has 0 aliphatic heterocycles. The highest BCUT2D eigenvalue weighted by atomic mass is 35.5. The third-order valence-corrected chi connectivity index (χ3v) is 2.35. The quantitative estimate of drug-likeness (QED) is 0.857. The normalized spacial score (nSPS) is 12.1. The van der Waals surface area contributed by atoms with E-state index < -0.39 is 11.9 Å². The summed E-state index contributed by atoms with van der Waals surface area (Å²) >= 11 is 5.85. The molecule has 0 saturated carbocycles. The van der Waals surface area contributed by atoms with Crippen LogP contribution in [0.5, 0.6) is 0 Å². The average Bonchev–Trinajstić information content (AvgIpc) is 2.22. The summed E-state index contributed by atoms with van der Waals surface area (Å²) in [6, 6.07) is 5.73. The molecule has 0 amide bonds. The lowest BCUT2D eigenvalue weighted by Gasteiger charge is -2.13. The Labute approximate surface area is 93.7 Å². The highest BCUT2D eigenvalue weighted by molar-refractivity contribution is 6.31. The molecule has 1 rings (SSSR count). The number of rotatable bonds is 4. The highest BCUT2D eigenvalue weighted by Crippen LogP contribution is 2.25. The molecule has 0 radical (unpaired) electrons. The minimum Gasteiger partial charge on any atom is -0.298 e. The maximum Gasteiger partial charge on any atom is 0.130 e. The molecule has 15 heavy (non-hydrogen) atoms. The van der Waals surface area contributed by atoms with Crippen molar-refractivity contribution < 1.29 is 4.39 Å². The van der Waals surface area contributed by atoms with E-state index in [4.69, 9.17) is 16.9 Å². The van der Waals surface area contributed by atoms with E-state index in [9.17, 15) is 4.39 Å². The summed E-state index contributed by atoms with van der Waals surface area (Å²) in [5.41, 5.74) is 0.232. The smallest absolute Gasteiger partial charge is 0.130 e. The summed E-state index contributed by atoms with van der Waals surface area (Å²) in [5, 5.41) is 12.1. The molecular weight excluding hydrogens is 215 g/mol. The summed E-state index contributed by atoms with van der Waals surface area (Å²) in [7, 11) is 0. The van der Waals surface area contributed by atoms with Crippen LogP contribution in [0.1, 0.15) is 24.9 Å². The second kappa shape index (κ2) is 5.69. The number of halogens is 2. The van der Waals surface area contributed by atoms with Crippen LogP contribution in [-0.2, 0) is 0 Å². The summed E-state index contributed by atoms with van der Waals surface area (Å²) < 4.78 is 13.4. The molecule has 1 N–H and O–H groups in total. The maximum absolute atomic E-state index is 13.4. The van der Waals surface area contributed by atoms with Crippen LogP contribution < -0.4 is 5.32 Å². The Hall–Kier alpha value is -1.11. The third kappa shape index (κ3) is 2.92. The van der Waals surface area contributed by atoms with E-state index in [-0.39, 0.29) is 10.6 Å². The number of nitriles is 1. The summed E-state index contributed by atoms with van der Waals surface area (Å²) in [6.45, 7) is 2.63. The molecule has 0 spiro atoms. The van der Waals surface area contributed by atoms with E-state index in [1.165, 1.54) is 12.1 Å². The van der Waals surface area contributed by atoms with E-state index >= 15 is 0 Å². The first-order valence-corrected chi connectivity index (χ1v) is 5.15. The molecule has 80 valence electrons. The lowest BCUT2D eigenvalue weighted by molar-refractivity contribution is 0.560. The van der Waals surface area contributed by atoms with Gasteiger partial charge in [-0.3, -0.25) is 5.32 Å². The van der Waals surface area contributed by atoms with E-state index in [1.807, 2.05) is 13.0 Å². The molecule has 0 bridgehead atoms. The fourth-order valence-electron chi connectivity index (χ4n) is 1.29. The standard InChI is InChI=1S/C11H12ClFN2/c1-2-6-15-10(7-14)11-8(12)4-3-5-9(11)13/h3-5,10,15H,2,6H2,1H3. The number of hydrogen-bond donors (Lipinski definition) is 1. The Morgan fingerprint density at radius 1 is 1.60 bits per heavy atom. The van der Waals surface area contributed by atoms with Gasteiger partial charge in [-0.2, -0.15) is 5.26 Å². The molecule has 2 nitrogen and oxygen atoms in total. The molecule has 1 atom stereocenters. The van der Waals surface area contributed by atoms with Gasteiger partial charge in [-0.05, 0) is 25.1 Å². The number of nitrogens with zero attached hydrogens (tertiary/aromatic N) is 1. The van der Waals surface area contributed by atoms with Gasteiger partial charge in [0.25, 0.3) is 0 Å². The largest absolute Gasteiger partial charge is 0.298 e. The molecule has 1 unspecified atom stereocenters. The molecule has 0 saturated heterocycles. The first-order valence-electron chi connectivity index (χ1n) is 4.77. The highest BCUT2D eigenvalue weighted by Gasteiger charge is 2.17. The zero-order valence-electron chi connectivity index (χ0n) is 8.43. The fraction of sp³-hybridized carbons (Fsp3) is 0.364. The molecule has 1 aromatic carbocycles. The van der Waals surface area contributed by atoms with Crippen molar-refractivity contribution in [1.29, 1.82) is 5.26 Å². The Morgan fingerprint density at radius 2 is 2.33 bits per heavy atom. The first kappa shape index (κ1) is 12.0. The van der Waals surface area contributed by atoms with Crippen LogP contribution in [0.4, 0.5) is 4.39 Å². The Bertz CT molecular complexity index is 353. The van der Waals surface area contributed by atoms with Crippen LogP contribution in [0, 0.1) is 17.1 Å². The number of hydrogen-bond acceptors (Lipinski definition) is 2. The Balaban J connectivity index is 2.97. The van der Waals surface area contributed by atoms with Crippen LogP contribution in [0.25, 0.3) is 0 Å². The Kier molecular flexibility index (Phi) is 4.54. The second-order valence-corrected chi connectivity index (χ2v) is 3.56. The van der Waals surface area contributed by atoms with Gasteiger partial charge in [0.1, 0.15) is 11.9 Å². The Morgan fingerprint density at radius 3 is 2.87 bits per heavy atom. The van der Waals surface area contributed by atoms with Crippen LogP contribution in [0.2, 0.25) is 5.02 Å². The zero-order chi connectivity index (χ0) is 11.3. The van der Waals surface area contributed by atoms with Crippen molar-refractivity contribution in [1.82, 2.24) is 5.32 Å². The molecule has 0 aliphatic carbocycles. The van der Waals surface area contributed by atoms with Crippen molar-refractivity contribution in [3.63, 3.8) is 0 Å². The van der Waals surface area contributed by atoms with Gasteiger partial charge in [-0.1, -0.05) is 24.6 Å². The van der Waals surface area contributed by atoms with Gasteiger partial charge in [0, 0.05) is 10.6 Å². The lowest BCUT2D eigenvalue weighted by Crippen LogP contribution is -2.22. The van der Waals surface area contributed by atoms with Crippen molar-refractivity contribution in [2.24, 2.45) is 0 Å². The van der Waals surface area contributed by atoms with E-state index in [2.05, 4.69) is 5.32 Å². The average molecular weight is 227 g/mol.